The molecule has 0 unspecified atom stereocenters. The van der Waals surface area contributed by atoms with E-state index in [9.17, 15) is 23.6 Å². The van der Waals surface area contributed by atoms with Crippen LogP contribution < -0.4 is 22.0 Å². The van der Waals surface area contributed by atoms with Crippen molar-refractivity contribution in [3.05, 3.63) is 98.1 Å². The van der Waals surface area contributed by atoms with E-state index >= 15 is 0 Å². The topological polar surface area (TPSA) is 131 Å². The first-order valence-electron chi connectivity index (χ1n) is 11.2. The van der Waals surface area contributed by atoms with Gasteiger partial charge >= 0.3 is 11.4 Å². The minimum Gasteiger partial charge on any atom is -0.365 e. The van der Waals surface area contributed by atoms with Crippen molar-refractivity contribution in [1.82, 2.24) is 24.1 Å². The maximum atomic E-state index is 14.2. The first-order valence-corrected chi connectivity index (χ1v) is 12.0. The fraction of sp³-hybridized carbons (Fsp3) is 0.120. The van der Waals surface area contributed by atoms with E-state index in [4.69, 9.17) is 0 Å². The smallest absolute Gasteiger partial charge is 0.359 e. The van der Waals surface area contributed by atoms with E-state index in [0.717, 1.165) is 31.5 Å². The Morgan fingerprint density at radius 1 is 1.11 bits per heavy atom. The van der Waals surface area contributed by atoms with Crippen LogP contribution in [-0.4, -0.2) is 31.1 Å². The van der Waals surface area contributed by atoms with E-state index in [0.29, 0.717) is 16.4 Å². The normalized spacial score (nSPS) is 10.9. The number of nitrogens with one attached hydrogen (secondary N) is 2. The number of rotatable bonds is 6. The number of halogens is 2. The monoisotopic (exact) mass is 532 g/mol. The third-order valence-electron chi connectivity index (χ3n) is 5.60. The molecule has 13 heteroatoms. The molecule has 0 saturated heterocycles. The van der Waals surface area contributed by atoms with Crippen LogP contribution in [0.15, 0.2) is 58.4 Å². The molecule has 0 bridgehead atoms. The predicted octanol–water partition coefficient (Wildman–Crippen LogP) is 3.69. The lowest BCUT2D eigenvalue weighted by Crippen LogP contribution is -2.41. The average Bonchev–Trinajstić information content (AvgIpc) is 3.31. The summed E-state index contributed by atoms with van der Waals surface area (Å²) >= 11 is 1.41. The molecular formula is C25H18F2N8O2S. The van der Waals surface area contributed by atoms with Gasteiger partial charge in [0.1, 0.15) is 6.07 Å². The summed E-state index contributed by atoms with van der Waals surface area (Å²) in [4.78, 5) is 39.2. The molecule has 5 aromatic rings. The summed E-state index contributed by atoms with van der Waals surface area (Å²) in [6.07, 6.45) is 2.91. The Balaban J connectivity index is 1.67. The van der Waals surface area contributed by atoms with Crippen LogP contribution in [0.1, 0.15) is 16.7 Å². The number of benzene rings is 2. The van der Waals surface area contributed by atoms with Crippen molar-refractivity contribution in [3.63, 3.8) is 0 Å². The number of hydrogen-bond acceptors (Lipinski definition) is 9. The molecule has 0 spiro atoms. The first kappa shape index (κ1) is 24.7. The van der Waals surface area contributed by atoms with Gasteiger partial charge in [0, 0.05) is 18.9 Å². The van der Waals surface area contributed by atoms with Gasteiger partial charge in [-0.15, -0.1) is 0 Å². The van der Waals surface area contributed by atoms with Crippen LogP contribution in [0, 0.1) is 29.9 Å². The van der Waals surface area contributed by atoms with Crippen LogP contribution in [0.4, 0.5) is 25.5 Å². The zero-order valence-corrected chi connectivity index (χ0v) is 20.8. The average molecular weight is 533 g/mol. The summed E-state index contributed by atoms with van der Waals surface area (Å²) in [7, 11) is 1.76. The first-order chi connectivity index (χ1) is 18.3. The third-order valence-corrected chi connectivity index (χ3v) is 6.63. The molecule has 10 nitrogen and oxygen atoms in total. The summed E-state index contributed by atoms with van der Waals surface area (Å²) in [5.74, 6) is -2.64. The molecule has 0 saturated carbocycles. The standard InChI is InChI=1S/C25H18F2N8O2S/c1-13-5-17(11-30-10-13)35-24(36)33-22(31-16-3-4-19-20(8-16)38-23(29-2)32-19)34(25(35)37)12-14-6-15(9-28)21(27)18(26)7-14/h3-8,10-11H,12H2,1-2H3,(H,29,32)(H,31,33,36). The Kier molecular flexibility index (Phi) is 6.39. The van der Waals surface area contributed by atoms with Crippen LogP contribution >= 0.6 is 11.3 Å². The van der Waals surface area contributed by atoms with Gasteiger partial charge in [-0.25, -0.2) is 27.9 Å². The Morgan fingerprint density at radius 2 is 1.92 bits per heavy atom. The van der Waals surface area contributed by atoms with Gasteiger partial charge in [-0.1, -0.05) is 11.3 Å². The van der Waals surface area contributed by atoms with Gasteiger partial charge in [0.2, 0.25) is 5.95 Å². The zero-order chi connectivity index (χ0) is 27.0. The summed E-state index contributed by atoms with van der Waals surface area (Å²) in [5.41, 5.74) is 0.131. The molecule has 5 rings (SSSR count). The second-order valence-electron chi connectivity index (χ2n) is 8.27. The van der Waals surface area contributed by atoms with Crippen LogP contribution in [0.2, 0.25) is 0 Å². The Labute approximate surface area is 217 Å². The lowest BCUT2D eigenvalue weighted by molar-refractivity contribution is 0.503. The van der Waals surface area contributed by atoms with Gasteiger partial charge in [0.25, 0.3) is 0 Å². The molecule has 3 aromatic heterocycles. The molecule has 0 aliphatic carbocycles. The van der Waals surface area contributed by atoms with Crippen molar-refractivity contribution < 1.29 is 8.78 Å². The van der Waals surface area contributed by atoms with Crippen molar-refractivity contribution in [3.8, 4) is 11.8 Å². The molecule has 0 atom stereocenters. The molecular weight excluding hydrogens is 514 g/mol. The number of nitriles is 1. The maximum Gasteiger partial charge on any atom is 0.359 e. The number of pyridine rings is 1. The molecule has 0 aliphatic rings. The molecule has 38 heavy (non-hydrogen) atoms. The van der Waals surface area contributed by atoms with Crippen molar-refractivity contribution in [2.75, 3.05) is 17.7 Å². The molecule has 190 valence electrons. The number of hydrogen-bond donors (Lipinski definition) is 2. The number of thiazole rings is 1. The number of fused-ring (bicyclic) bond motifs is 1. The molecule has 2 aromatic carbocycles. The fourth-order valence-corrected chi connectivity index (χ4v) is 4.71. The highest BCUT2D eigenvalue weighted by atomic mass is 32.1. The van der Waals surface area contributed by atoms with E-state index in [1.165, 1.54) is 17.5 Å². The van der Waals surface area contributed by atoms with Crippen LogP contribution in [0.5, 0.6) is 0 Å². The van der Waals surface area contributed by atoms with Crippen molar-refractivity contribution >= 4 is 38.3 Å². The van der Waals surface area contributed by atoms with Gasteiger partial charge in [0.15, 0.2) is 16.8 Å². The zero-order valence-electron chi connectivity index (χ0n) is 20.0. The molecule has 0 aliphatic heterocycles. The molecule has 2 N–H and O–H groups in total. The minimum absolute atomic E-state index is 0.122. The van der Waals surface area contributed by atoms with E-state index in [1.807, 2.05) is 0 Å². The number of aromatic nitrogens is 5. The molecule has 0 radical (unpaired) electrons. The second-order valence-corrected chi connectivity index (χ2v) is 9.30. The molecule has 0 fully saturated rings. The summed E-state index contributed by atoms with van der Waals surface area (Å²) in [5, 5.41) is 15.9. The fourth-order valence-electron chi connectivity index (χ4n) is 3.85. The van der Waals surface area contributed by atoms with Gasteiger partial charge in [0.05, 0.1) is 34.2 Å². The number of nitrogens with zero attached hydrogens (tertiary/aromatic N) is 6. The quantitative estimate of drug-likeness (QED) is 0.339. The van der Waals surface area contributed by atoms with Crippen LogP contribution in [0.3, 0.4) is 0 Å². The maximum absolute atomic E-state index is 14.2. The number of aryl methyl sites for hydroxylation is 1. The summed E-state index contributed by atoms with van der Waals surface area (Å²) in [6, 6.07) is 10.5. The summed E-state index contributed by atoms with van der Waals surface area (Å²) in [6.45, 7) is 1.44. The minimum atomic E-state index is -1.28. The SMILES string of the molecule is CNc1nc2ccc(Nc3nc(=O)n(-c4cncc(C)c4)c(=O)n3Cc3cc(F)c(F)c(C#N)c3)cc2s1. The highest BCUT2D eigenvalue weighted by molar-refractivity contribution is 7.22. The van der Waals surface area contributed by atoms with E-state index < -0.39 is 28.6 Å². The molecule has 3 heterocycles. The van der Waals surface area contributed by atoms with Crippen molar-refractivity contribution in [2.45, 2.75) is 13.5 Å². The van der Waals surface area contributed by atoms with Crippen LogP contribution in [0.25, 0.3) is 15.9 Å². The van der Waals surface area contributed by atoms with Crippen LogP contribution in [-0.2, 0) is 6.54 Å². The lowest BCUT2D eigenvalue weighted by atomic mass is 10.1. The van der Waals surface area contributed by atoms with Gasteiger partial charge in [-0.3, -0.25) is 9.55 Å². The van der Waals surface area contributed by atoms with Crippen molar-refractivity contribution in [2.24, 2.45) is 0 Å². The Bertz CT molecular complexity index is 1870. The predicted molar refractivity (Wildman–Crippen MR) is 139 cm³/mol. The third kappa shape index (κ3) is 4.60. The Morgan fingerprint density at radius 3 is 2.66 bits per heavy atom. The summed E-state index contributed by atoms with van der Waals surface area (Å²) < 4.78 is 30.9. The highest BCUT2D eigenvalue weighted by Crippen LogP contribution is 2.29. The Hall–Kier alpha value is -4.96. The van der Waals surface area contributed by atoms with Gasteiger partial charge < -0.3 is 10.6 Å². The second kappa shape index (κ2) is 9.83. The van der Waals surface area contributed by atoms with Crippen molar-refractivity contribution in [1.29, 1.82) is 5.26 Å². The lowest BCUT2D eigenvalue weighted by Gasteiger charge is -2.16. The molecule has 0 amide bonds. The van der Waals surface area contributed by atoms with E-state index in [-0.39, 0.29) is 23.7 Å². The van der Waals surface area contributed by atoms with E-state index in [2.05, 4.69) is 25.6 Å². The largest absolute Gasteiger partial charge is 0.365 e. The van der Waals surface area contributed by atoms with Gasteiger partial charge in [-0.05, 0) is 54.4 Å². The number of anilines is 3. The highest BCUT2D eigenvalue weighted by Gasteiger charge is 2.18. The van der Waals surface area contributed by atoms with E-state index in [1.54, 1.807) is 50.5 Å². The van der Waals surface area contributed by atoms with Gasteiger partial charge in [-0.2, -0.15) is 10.2 Å².